The van der Waals surface area contributed by atoms with E-state index in [0.717, 1.165) is 46.5 Å². The molecule has 4 heterocycles. The molecule has 2 aromatic carbocycles. The summed E-state index contributed by atoms with van der Waals surface area (Å²) in [6.45, 7) is 8.38. The Bertz CT molecular complexity index is 1970. The topological polar surface area (TPSA) is 195 Å². The highest BCUT2D eigenvalue weighted by Crippen LogP contribution is 2.35. The average Bonchev–Trinajstić information content (AvgIpc) is 4.02. The smallest absolute Gasteiger partial charge is 0.407 e. The third kappa shape index (κ3) is 8.36. The number of aliphatic hydroxyl groups excluding tert-OH is 1. The Kier molecular flexibility index (Phi) is 11.9. The van der Waals surface area contributed by atoms with Crippen molar-refractivity contribution in [3.63, 3.8) is 0 Å². The number of nitrogens with one attached hydrogen (secondary N) is 4. The fraction of sp³-hybridized carbons (Fsp3) is 0.450. The Labute approximate surface area is 320 Å². The molecule has 4 amide bonds. The van der Waals surface area contributed by atoms with Crippen LogP contribution in [-0.2, 0) is 19.1 Å². The number of imidazole rings is 2. The normalized spacial score (nSPS) is 19.4. The number of nitrogens with zero attached hydrogens (tertiary/aromatic N) is 4. The lowest BCUT2D eigenvalue weighted by molar-refractivity contribution is -0.136. The van der Waals surface area contributed by atoms with Crippen molar-refractivity contribution in [3.8, 4) is 33.6 Å². The van der Waals surface area contributed by atoms with E-state index in [2.05, 4.69) is 30.6 Å². The second kappa shape index (κ2) is 16.8. The molecule has 2 fully saturated rings. The van der Waals surface area contributed by atoms with Crippen LogP contribution in [0.3, 0.4) is 0 Å². The van der Waals surface area contributed by atoms with Gasteiger partial charge in [0.05, 0.1) is 50.1 Å². The number of methoxy groups -OCH3 is 2. The van der Waals surface area contributed by atoms with Gasteiger partial charge in [0.15, 0.2) is 0 Å². The second-order valence-corrected chi connectivity index (χ2v) is 14.8. The van der Waals surface area contributed by atoms with Crippen molar-refractivity contribution in [2.24, 2.45) is 11.8 Å². The van der Waals surface area contributed by atoms with Gasteiger partial charge in [-0.25, -0.2) is 19.6 Å². The van der Waals surface area contributed by atoms with Gasteiger partial charge in [-0.1, -0.05) is 76.2 Å². The van der Waals surface area contributed by atoms with E-state index in [-0.39, 0.29) is 29.7 Å². The van der Waals surface area contributed by atoms with Crippen LogP contribution in [0, 0.1) is 11.8 Å². The van der Waals surface area contributed by atoms with Crippen molar-refractivity contribution in [3.05, 3.63) is 72.6 Å². The van der Waals surface area contributed by atoms with Crippen molar-refractivity contribution >= 4 is 24.0 Å². The van der Waals surface area contributed by atoms with Gasteiger partial charge in [0.2, 0.25) is 11.8 Å². The summed E-state index contributed by atoms with van der Waals surface area (Å²) in [5, 5.41) is 16.2. The maximum Gasteiger partial charge on any atom is 0.407 e. The highest BCUT2D eigenvalue weighted by atomic mass is 16.5. The molecule has 1 unspecified atom stereocenters. The zero-order chi connectivity index (χ0) is 39.4. The summed E-state index contributed by atoms with van der Waals surface area (Å²) in [6, 6.07) is 13.8. The minimum atomic E-state index is -0.812. The molecule has 2 aliphatic heterocycles. The summed E-state index contributed by atoms with van der Waals surface area (Å²) >= 11 is 0. The summed E-state index contributed by atoms with van der Waals surface area (Å²) in [5.74, 6) is 0.416. The fourth-order valence-electron chi connectivity index (χ4n) is 7.39. The van der Waals surface area contributed by atoms with Crippen LogP contribution < -0.4 is 10.6 Å². The van der Waals surface area contributed by atoms with Gasteiger partial charge in [-0.05, 0) is 53.4 Å². The van der Waals surface area contributed by atoms with Crippen LogP contribution in [0.25, 0.3) is 33.6 Å². The quantitative estimate of drug-likeness (QED) is 0.137. The third-order valence-corrected chi connectivity index (χ3v) is 10.5. The van der Waals surface area contributed by atoms with Crippen LogP contribution in [0.2, 0.25) is 0 Å². The highest BCUT2D eigenvalue weighted by molar-refractivity contribution is 5.87. The molecule has 4 aromatic rings. The molecule has 5 N–H and O–H groups in total. The number of hydrogen-bond donors (Lipinski definition) is 5. The predicted octanol–water partition coefficient (Wildman–Crippen LogP) is 5.19. The van der Waals surface area contributed by atoms with Crippen molar-refractivity contribution in [1.82, 2.24) is 40.4 Å². The lowest BCUT2D eigenvalue weighted by Gasteiger charge is -2.30. The van der Waals surface area contributed by atoms with Crippen molar-refractivity contribution < 1.29 is 33.8 Å². The lowest BCUT2D eigenvalue weighted by atomic mass is 10.0. The monoisotopic (exact) mass is 754 g/mol. The van der Waals surface area contributed by atoms with Crippen LogP contribution in [0.15, 0.2) is 60.9 Å². The molecule has 5 atom stereocenters. The molecule has 0 radical (unpaired) electrons. The van der Waals surface area contributed by atoms with Gasteiger partial charge in [0.1, 0.15) is 29.8 Å². The van der Waals surface area contributed by atoms with Gasteiger partial charge < -0.3 is 45.0 Å². The number of carbonyl (C=O) groups excluding carboxylic acids is 4. The standard InChI is InChI=1S/C40H50N8O7/c1-22(2)32(45-39(52)54-5)37(50)47-18-7-8-30(47)35-41-20-28(43-35)26-13-9-24(10-14-26)25-11-15-27(16-12-25)29-21-42-36(44-29)34-31(49)17-19-48(34)38(51)33(23(3)4)46-40(53)55-6/h9-16,20-23,30-34,49H,7-8,17-19H2,1-6H3,(H,41,43)(H,42,44)(H,45,52)(H,46,53)/t30-,31?,32-,33-,34-/m0/s1. The Morgan fingerprint density at radius 2 is 1.15 bits per heavy atom. The SMILES string of the molecule is COC(=O)N[C@H](C(=O)N1CCC(O)[C@H]1c1ncc(-c2ccc(-c3ccc(-c4cnc([C@@H]5CCCN5C(=O)[C@@H](NC(=O)OC)C(C)C)[nH]4)cc3)cc2)[nH]1)C(C)C. The maximum absolute atomic E-state index is 13.6. The van der Waals surface area contributed by atoms with Crippen LogP contribution in [0.5, 0.6) is 0 Å². The first-order valence-corrected chi connectivity index (χ1v) is 18.7. The maximum atomic E-state index is 13.6. The number of amides is 4. The number of carbonyl (C=O) groups is 4. The molecule has 0 spiro atoms. The summed E-state index contributed by atoms with van der Waals surface area (Å²) < 4.78 is 9.47. The van der Waals surface area contributed by atoms with E-state index in [4.69, 9.17) is 9.47 Å². The Balaban J connectivity index is 1.12. The molecule has 2 aromatic heterocycles. The molecule has 6 rings (SSSR count). The summed E-state index contributed by atoms with van der Waals surface area (Å²) in [4.78, 5) is 70.3. The van der Waals surface area contributed by atoms with Gasteiger partial charge in [-0.15, -0.1) is 0 Å². The molecule has 2 aliphatic rings. The molecule has 2 saturated heterocycles. The molecule has 55 heavy (non-hydrogen) atoms. The largest absolute Gasteiger partial charge is 0.453 e. The molecule has 0 bridgehead atoms. The van der Waals surface area contributed by atoms with E-state index in [1.807, 2.05) is 76.2 Å². The Hall–Kier alpha value is -5.70. The summed E-state index contributed by atoms with van der Waals surface area (Å²) in [7, 11) is 2.53. The molecule has 15 heteroatoms. The zero-order valence-electron chi connectivity index (χ0n) is 32.0. The van der Waals surface area contributed by atoms with Crippen LogP contribution in [-0.4, -0.2) is 104 Å². The second-order valence-electron chi connectivity index (χ2n) is 14.8. The molecule has 292 valence electrons. The van der Waals surface area contributed by atoms with Gasteiger partial charge in [-0.2, -0.15) is 0 Å². The van der Waals surface area contributed by atoms with Crippen LogP contribution in [0.1, 0.15) is 70.7 Å². The number of aromatic nitrogens is 4. The van der Waals surface area contributed by atoms with Crippen molar-refractivity contribution in [1.29, 1.82) is 0 Å². The minimum absolute atomic E-state index is 0.113. The van der Waals surface area contributed by atoms with Crippen molar-refractivity contribution in [2.45, 2.75) is 77.2 Å². The number of alkyl carbamates (subject to hydrolysis) is 2. The van der Waals surface area contributed by atoms with Crippen molar-refractivity contribution in [2.75, 3.05) is 27.3 Å². The Morgan fingerprint density at radius 3 is 1.64 bits per heavy atom. The molecule has 0 saturated carbocycles. The van der Waals surface area contributed by atoms with E-state index >= 15 is 0 Å². The van der Waals surface area contributed by atoms with E-state index < -0.39 is 36.4 Å². The van der Waals surface area contributed by atoms with E-state index in [1.165, 1.54) is 14.2 Å². The number of benzene rings is 2. The third-order valence-electron chi connectivity index (χ3n) is 10.5. The highest BCUT2D eigenvalue weighted by Gasteiger charge is 2.42. The fourth-order valence-corrected chi connectivity index (χ4v) is 7.39. The first kappa shape index (κ1) is 39.0. The van der Waals surface area contributed by atoms with E-state index in [1.54, 1.807) is 22.2 Å². The molecule has 15 nitrogen and oxygen atoms in total. The van der Waals surface area contributed by atoms with E-state index in [0.29, 0.717) is 31.2 Å². The van der Waals surface area contributed by atoms with Gasteiger partial charge in [-0.3, -0.25) is 9.59 Å². The molecular weight excluding hydrogens is 704 g/mol. The lowest BCUT2D eigenvalue weighted by Crippen LogP contribution is -2.51. The molecular formula is C40H50N8O7. The number of H-pyrrole nitrogens is 2. The summed E-state index contributed by atoms with van der Waals surface area (Å²) in [5.41, 5.74) is 5.47. The number of ether oxygens (including phenoxy) is 2. The van der Waals surface area contributed by atoms with Crippen LogP contribution >= 0.6 is 0 Å². The van der Waals surface area contributed by atoms with Gasteiger partial charge in [0, 0.05) is 13.1 Å². The first-order valence-electron chi connectivity index (χ1n) is 18.7. The van der Waals surface area contributed by atoms with Gasteiger partial charge in [0.25, 0.3) is 0 Å². The Morgan fingerprint density at radius 1 is 0.691 bits per heavy atom. The summed E-state index contributed by atoms with van der Waals surface area (Å²) in [6.07, 6.45) is 3.34. The predicted molar refractivity (Wildman–Crippen MR) is 204 cm³/mol. The number of aromatic amines is 2. The minimum Gasteiger partial charge on any atom is -0.453 e. The first-order chi connectivity index (χ1) is 26.4. The number of hydrogen-bond acceptors (Lipinski definition) is 9. The molecule has 0 aliphatic carbocycles. The number of rotatable bonds is 11. The van der Waals surface area contributed by atoms with E-state index in [9.17, 15) is 24.3 Å². The zero-order valence-corrected chi connectivity index (χ0v) is 32.0. The number of likely N-dealkylation sites (tertiary alicyclic amines) is 2. The van der Waals surface area contributed by atoms with Crippen LogP contribution in [0.4, 0.5) is 9.59 Å². The number of aliphatic hydroxyl groups is 1. The van der Waals surface area contributed by atoms with Gasteiger partial charge >= 0.3 is 12.2 Å². The average molecular weight is 755 g/mol.